The molecule has 9 heteroatoms. The Balaban J connectivity index is 1.16. The van der Waals surface area contributed by atoms with Crippen LogP contribution in [0.4, 0.5) is 0 Å². The molecule has 304 valence electrons. The first-order valence-corrected chi connectivity index (χ1v) is 20.2. The normalized spacial score (nSPS) is 16.3. The van der Waals surface area contributed by atoms with Crippen LogP contribution >= 0.6 is 0 Å². The van der Waals surface area contributed by atoms with Gasteiger partial charge >= 0.3 is 0 Å². The molecule has 1 aliphatic heterocycles. The summed E-state index contributed by atoms with van der Waals surface area (Å²) in [6.45, 7) is 3.52. The minimum Gasteiger partial charge on any atom is -0.486 e. The average molecular weight is 795 g/mol. The predicted molar refractivity (Wildman–Crippen MR) is 224 cm³/mol. The van der Waals surface area contributed by atoms with Crippen LogP contribution in [0, 0.1) is 0 Å². The summed E-state index contributed by atoms with van der Waals surface area (Å²) in [4.78, 5) is 0. The van der Waals surface area contributed by atoms with Crippen molar-refractivity contribution in [3.8, 4) is 28.7 Å². The summed E-state index contributed by atoms with van der Waals surface area (Å²) >= 11 is 0. The molecule has 0 spiro atoms. The molecular formula is C50H50O9. The Hall–Kier alpha value is -5.84. The highest BCUT2D eigenvalue weighted by atomic mass is 16.6. The third-order valence-electron chi connectivity index (χ3n) is 10.6. The van der Waals surface area contributed by atoms with Gasteiger partial charge in [-0.3, -0.25) is 0 Å². The van der Waals surface area contributed by atoms with E-state index >= 15 is 0 Å². The third kappa shape index (κ3) is 9.90. The lowest BCUT2D eigenvalue weighted by atomic mass is 9.80. The molecule has 0 saturated heterocycles. The molecule has 59 heavy (non-hydrogen) atoms. The van der Waals surface area contributed by atoms with E-state index in [0.717, 1.165) is 38.9 Å². The van der Waals surface area contributed by atoms with Gasteiger partial charge in [0.05, 0.1) is 39.6 Å². The number of fused-ring (bicyclic) bond motifs is 5. The van der Waals surface area contributed by atoms with Crippen molar-refractivity contribution in [3.63, 3.8) is 0 Å². The Morgan fingerprint density at radius 1 is 0.508 bits per heavy atom. The van der Waals surface area contributed by atoms with Gasteiger partial charge in [-0.15, -0.1) is 0 Å². The molecule has 2 aliphatic rings. The fourth-order valence-electron chi connectivity index (χ4n) is 7.74. The molecule has 1 N–H and O–H groups in total. The number of rotatable bonds is 21. The Kier molecular flexibility index (Phi) is 13.4. The number of benzene rings is 6. The maximum Gasteiger partial charge on any atom is 0.204 e. The lowest BCUT2D eigenvalue weighted by Gasteiger charge is -2.41. The molecule has 2 unspecified atom stereocenters. The molecule has 8 rings (SSSR count). The molecule has 6 aromatic carbocycles. The van der Waals surface area contributed by atoms with Gasteiger partial charge < -0.3 is 43.0 Å². The molecule has 0 saturated carbocycles. The molecule has 2 atom stereocenters. The van der Waals surface area contributed by atoms with Gasteiger partial charge in [-0.25, -0.2) is 0 Å². The van der Waals surface area contributed by atoms with Gasteiger partial charge in [0, 0.05) is 17.9 Å². The van der Waals surface area contributed by atoms with Crippen LogP contribution in [0.5, 0.6) is 28.7 Å². The number of ether oxygens (including phenoxy) is 8. The van der Waals surface area contributed by atoms with Crippen molar-refractivity contribution in [2.45, 2.75) is 44.4 Å². The van der Waals surface area contributed by atoms with Crippen LogP contribution < -0.4 is 23.7 Å². The maximum absolute atomic E-state index is 9.04. The van der Waals surface area contributed by atoms with Crippen molar-refractivity contribution in [1.82, 2.24) is 0 Å². The van der Waals surface area contributed by atoms with E-state index in [1.807, 2.05) is 103 Å². The number of aliphatic hydroxyl groups excluding tert-OH is 1. The summed E-state index contributed by atoms with van der Waals surface area (Å²) < 4.78 is 51.2. The second-order valence-corrected chi connectivity index (χ2v) is 14.7. The number of hydrogen-bond acceptors (Lipinski definition) is 9. The SMILES string of the molecule is OCCOCCOCCOC12COc3c(ccc(OCc4ccccc4)c3OCc3ccccc3)C1c1cc(OCc3ccccc3)c(OCc3ccccc3)cc1C2. The molecule has 6 aromatic rings. The lowest BCUT2D eigenvalue weighted by Crippen LogP contribution is -2.47. The van der Waals surface area contributed by atoms with Crippen molar-refractivity contribution in [3.05, 3.63) is 185 Å². The Morgan fingerprint density at radius 3 is 1.56 bits per heavy atom. The molecule has 9 nitrogen and oxygen atoms in total. The monoisotopic (exact) mass is 794 g/mol. The van der Waals surface area contributed by atoms with Gasteiger partial charge in [0.1, 0.15) is 38.6 Å². The van der Waals surface area contributed by atoms with Gasteiger partial charge in [-0.05, 0) is 51.6 Å². The summed E-state index contributed by atoms with van der Waals surface area (Å²) in [5, 5.41) is 9.04. The van der Waals surface area contributed by atoms with Crippen LogP contribution in [-0.4, -0.2) is 57.0 Å². The van der Waals surface area contributed by atoms with Crippen LogP contribution in [0.25, 0.3) is 0 Å². The van der Waals surface area contributed by atoms with E-state index in [9.17, 15) is 0 Å². The highest BCUT2D eigenvalue weighted by Gasteiger charge is 2.53. The minimum atomic E-state index is -0.760. The zero-order valence-corrected chi connectivity index (χ0v) is 33.1. The summed E-state index contributed by atoms with van der Waals surface area (Å²) in [7, 11) is 0. The Bertz CT molecular complexity index is 2220. The van der Waals surface area contributed by atoms with Crippen molar-refractivity contribution >= 4 is 0 Å². The van der Waals surface area contributed by atoms with E-state index in [0.29, 0.717) is 88.0 Å². The fraction of sp³-hybridized carbons (Fsp3) is 0.280. The summed E-state index contributed by atoms with van der Waals surface area (Å²) in [6, 6.07) is 48.8. The van der Waals surface area contributed by atoms with E-state index in [2.05, 4.69) is 42.5 Å². The highest BCUT2D eigenvalue weighted by molar-refractivity contribution is 5.64. The van der Waals surface area contributed by atoms with E-state index in [1.54, 1.807) is 0 Å². The van der Waals surface area contributed by atoms with Crippen LogP contribution in [0.2, 0.25) is 0 Å². The van der Waals surface area contributed by atoms with Crippen molar-refractivity contribution in [2.75, 3.05) is 46.2 Å². The second kappa shape index (κ2) is 19.7. The minimum absolute atomic E-state index is 0.0211. The summed E-state index contributed by atoms with van der Waals surface area (Å²) in [5.74, 6) is 2.88. The van der Waals surface area contributed by atoms with Gasteiger partial charge in [0.15, 0.2) is 23.0 Å². The molecule has 1 heterocycles. The van der Waals surface area contributed by atoms with Gasteiger partial charge in [-0.1, -0.05) is 127 Å². The average Bonchev–Trinajstić information content (AvgIpc) is 3.61. The Labute approximate surface area is 346 Å². The maximum atomic E-state index is 9.04. The van der Waals surface area contributed by atoms with E-state index in [1.165, 1.54) is 0 Å². The van der Waals surface area contributed by atoms with Crippen molar-refractivity contribution in [2.24, 2.45) is 0 Å². The predicted octanol–water partition coefficient (Wildman–Crippen LogP) is 8.86. The summed E-state index contributed by atoms with van der Waals surface area (Å²) in [5.41, 5.74) is 6.55. The molecule has 1 aliphatic carbocycles. The van der Waals surface area contributed by atoms with Crippen LogP contribution in [0.3, 0.4) is 0 Å². The molecule has 0 bridgehead atoms. The van der Waals surface area contributed by atoms with Crippen molar-refractivity contribution in [1.29, 1.82) is 0 Å². The summed E-state index contributed by atoms with van der Waals surface area (Å²) in [6.07, 6.45) is 0.583. The molecular weight excluding hydrogens is 745 g/mol. The van der Waals surface area contributed by atoms with Gasteiger partial charge in [0.2, 0.25) is 5.75 Å². The highest BCUT2D eigenvalue weighted by Crippen LogP contribution is 2.58. The van der Waals surface area contributed by atoms with E-state index in [4.69, 9.17) is 43.0 Å². The van der Waals surface area contributed by atoms with E-state index < -0.39 is 5.60 Å². The van der Waals surface area contributed by atoms with Gasteiger partial charge in [0.25, 0.3) is 0 Å². The lowest BCUT2D eigenvalue weighted by molar-refractivity contribution is -0.103. The topological polar surface area (TPSA) is 94.1 Å². The smallest absolute Gasteiger partial charge is 0.204 e. The molecule has 0 fully saturated rings. The first kappa shape index (κ1) is 40.0. The molecule has 0 radical (unpaired) electrons. The van der Waals surface area contributed by atoms with Crippen LogP contribution in [0.15, 0.2) is 146 Å². The van der Waals surface area contributed by atoms with E-state index in [-0.39, 0.29) is 25.7 Å². The largest absolute Gasteiger partial charge is 0.486 e. The fourth-order valence-corrected chi connectivity index (χ4v) is 7.74. The second-order valence-electron chi connectivity index (χ2n) is 14.7. The van der Waals surface area contributed by atoms with Crippen LogP contribution in [-0.2, 0) is 47.1 Å². The third-order valence-corrected chi connectivity index (χ3v) is 10.6. The zero-order valence-electron chi connectivity index (χ0n) is 33.1. The quantitative estimate of drug-likeness (QED) is 0.0718. The number of hydrogen-bond donors (Lipinski definition) is 1. The first-order chi connectivity index (χ1) is 29.2. The van der Waals surface area contributed by atoms with Crippen LogP contribution in [0.1, 0.15) is 44.9 Å². The first-order valence-electron chi connectivity index (χ1n) is 20.2. The van der Waals surface area contributed by atoms with Crippen molar-refractivity contribution < 1.29 is 43.0 Å². The van der Waals surface area contributed by atoms with Gasteiger partial charge in [-0.2, -0.15) is 0 Å². The number of aliphatic hydroxyl groups is 1. The molecule has 0 amide bonds. The molecule has 0 aromatic heterocycles. The zero-order chi connectivity index (χ0) is 40.1. The Morgan fingerprint density at radius 2 is 1.00 bits per heavy atom. The standard InChI is InChI=1S/C50H50O9/c51-23-24-52-25-26-53-27-28-59-50-31-41-29-45(55-33-38-15-7-2-8-16-38)46(56-34-39-17-9-3-10-18-39)30-43(41)47(50)42-21-22-44(54-32-37-13-5-1-6-14-37)49(48(42)58-36-50)57-35-40-19-11-4-12-20-40/h1-22,29-30,47,51H,23-28,31-36H2.